The maximum absolute atomic E-state index is 12.3. The molecule has 0 saturated heterocycles. The van der Waals surface area contributed by atoms with Crippen LogP contribution in [0.25, 0.3) is 0 Å². The van der Waals surface area contributed by atoms with Crippen molar-refractivity contribution < 1.29 is 19.1 Å². The molecular formula is C25H31N5O4S. The van der Waals surface area contributed by atoms with E-state index in [1.165, 1.54) is 11.8 Å². The highest BCUT2D eigenvalue weighted by atomic mass is 32.2. The van der Waals surface area contributed by atoms with Gasteiger partial charge in [0.25, 0.3) is 5.91 Å². The molecule has 0 aliphatic carbocycles. The lowest BCUT2D eigenvalue weighted by Crippen LogP contribution is -2.29. The number of benzene rings is 2. The molecule has 2 amide bonds. The number of thioether (sulfide) groups is 1. The molecule has 3 rings (SSSR count). The fourth-order valence-electron chi connectivity index (χ4n) is 3.27. The summed E-state index contributed by atoms with van der Waals surface area (Å²) < 4.78 is 12.7. The topological polar surface area (TPSA) is 107 Å². The van der Waals surface area contributed by atoms with Gasteiger partial charge in [0.1, 0.15) is 11.5 Å². The minimum atomic E-state index is -0.254. The molecule has 0 saturated carbocycles. The molecule has 35 heavy (non-hydrogen) atoms. The van der Waals surface area contributed by atoms with Gasteiger partial charge in [0.15, 0.2) is 17.6 Å². The molecule has 0 bridgehead atoms. The lowest BCUT2D eigenvalue weighted by atomic mass is 10.0. The van der Waals surface area contributed by atoms with E-state index in [2.05, 4.69) is 34.7 Å². The molecule has 0 radical (unpaired) electrons. The Labute approximate surface area is 209 Å². The molecule has 1 heterocycles. The van der Waals surface area contributed by atoms with Crippen LogP contribution in [0.3, 0.4) is 0 Å². The van der Waals surface area contributed by atoms with Crippen molar-refractivity contribution in [1.82, 2.24) is 20.1 Å². The average Bonchev–Trinajstić information content (AvgIpc) is 3.19. The molecular weight excluding hydrogens is 466 g/mol. The van der Waals surface area contributed by atoms with Crippen molar-refractivity contribution in [3.8, 4) is 11.5 Å². The fraction of sp³-hybridized carbons (Fsp3) is 0.360. The van der Waals surface area contributed by atoms with Gasteiger partial charge in [-0.3, -0.25) is 9.59 Å². The van der Waals surface area contributed by atoms with Crippen molar-refractivity contribution in [3.05, 3.63) is 59.4 Å². The highest BCUT2D eigenvalue weighted by Crippen LogP contribution is 2.27. The van der Waals surface area contributed by atoms with Crippen molar-refractivity contribution in [2.24, 2.45) is 7.05 Å². The highest BCUT2D eigenvalue weighted by Gasteiger charge is 2.14. The number of methoxy groups -OCH3 is 1. The third-order valence-electron chi connectivity index (χ3n) is 5.20. The second-order valence-corrected chi connectivity index (χ2v) is 9.23. The lowest BCUT2D eigenvalue weighted by Gasteiger charge is -2.14. The number of hydrogen-bond acceptors (Lipinski definition) is 7. The summed E-state index contributed by atoms with van der Waals surface area (Å²) >= 11 is 1.26. The number of aromatic nitrogens is 3. The first-order chi connectivity index (χ1) is 16.8. The van der Waals surface area contributed by atoms with Crippen LogP contribution in [0.15, 0.2) is 47.6 Å². The Bertz CT molecular complexity index is 1180. The van der Waals surface area contributed by atoms with Crippen LogP contribution >= 0.6 is 11.8 Å². The summed E-state index contributed by atoms with van der Waals surface area (Å²) in [6, 6.07) is 13.2. The van der Waals surface area contributed by atoms with Gasteiger partial charge >= 0.3 is 0 Å². The van der Waals surface area contributed by atoms with E-state index in [0.29, 0.717) is 28.3 Å². The normalized spacial score (nSPS) is 10.8. The summed E-state index contributed by atoms with van der Waals surface area (Å²) in [5.41, 5.74) is 2.80. The van der Waals surface area contributed by atoms with Gasteiger partial charge in [-0.1, -0.05) is 43.8 Å². The molecule has 0 spiro atoms. The van der Waals surface area contributed by atoms with Gasteiger partial charge in [0, 0.05) is 18.8 Å². The molecule has 2 aromatic carbocycles. The Hall–Kier alpha value is -3.53. The van der Waals surface area contributed by atoms with Crippen molar-refractivity contribution in [3.63, 3.8) is 0 Å². The summed E-state index contributed by atoms with van der Waals surface area (Å²) in [6.45, 7) is 6.27. The van der Waals surface area contributed by atoms with Crippen LogP contribution in [0, 0.1) is 6.92 Å². The first-order valence-corrected chi connectivity index (χ1v) is 12.2. The average molecular weight is 498 g/mol. The predicted molar refractivity (Wildman–Crippen MR) is 136 cm³/mol. The van der Waals surface area contributed by atoms with Crippen LogP contribution in [0.5, 0.6) is 11.5 Å². The molecule has 0 aliphatic heterocycles. The predicted octanol–water partition coefficient (Wildman–Crippen LogP) is 3.68. The smallest absolute Gasteiger partial charge is 0.258 e. The largest absolute Gasteiger partial charge is 0.497 e. The quantitative estimate of drug-likeness (QED) is 0.389. The number of nitrogens with one attached hydrogen (secondary N) is 2. The number of carbonyl (C=O) groups excluding carboxylic acids is 2. The van der Waals surface area contributed by atoms with E-state index in [1.54, 1.807) is 36.9 Å². The molecule has 0 fully saturated rings. The van der Waals surface area contributed by atoms with Crippen LogP contribution in [0.1, 0.15) is 36.7 Å². The Morgan fingerprint density at radius 2 is 1.91 bits per heavy atom. The maximum Gasteiger partial charge on any atom is 0.258 e. The van der Waals surface area contributed by atoms with Crippen molar-refractivity contribution in [2.75, 3.05) is 24.8 Å². The van der Waals surface area contributed by atoms with E-state index >= 15 is 0 Å². The second-order valence-electron chi connectivity index (χ2n) is 8.29. The Morgan fingerprint density at radius 1 is 1.11 bits per heavy atom. The second kappa shape index (κ2) is 12.3. The zero-order valence-corrected chi connectivity index (χ0v) is 21.4. The van der Waals surface area contributed by atoms with Crippen molar-refractivity contribution in [1.29, 1.82) is 0 Å². The molecule has 2 N–H and O–H groups in total. The van der Waals surface area contributed by atoms with E-state index in [0.717, 1.165) is 16.9 Å². The summed E-state index contributed by atoms with van der Waals surface area (Å²) in [4.78, 5) is 24.6. The van der Waals surface area contributed by atoms with Gasteiger partial charge < -0.3 is 24.7 Å². The van der Waals surface area contributed by atoms with E-state index in [-0.39, 0.29) is 30.7 Å². The van der Waals surface area contributed by atoms with E-state index < -0.39 is 0 Å². The zero-order chi connectivity index (χ0) is 25.4. The van der Waals surface area contributed by atoms with Gasteiger partial charge in [-0.2, -0.15) is 0 Å². The van der Waals surface area contributed by atoms with Crippen molar-refractivity contribution >= 4 is 29.3 Å². The Balaban J connectivity index is 1.47. The number of ether oxygens (including phenoxy) is 2. The van der Waals surface area contributed by atoms with Gasteiger partial charge in [-0.25, -0.2) is 0 Å². The standard InChI is InChI=1S/C25H31N5O4S/c1-16(2)20-10-9-17(3)11-21(20)34-14-23(31)26-13-22-28-29-25(30(22)4)35-15-24(32)27-18-7-6-8-19(12-18)33-5/h6-12,16H,13-15H2,1-5H3,(H,26,31)(H,27,32). The molecule has 3 aromatic rings. The van der Waals surface area contributed by atoms with Crippen LogP contribution in [0.4, 0.5) is 5.69 Å². The third kappa shape index (κ3) is 7.48. The van der Waals surface area contributed by atoms with Gasteiger partial charge in [-0.05, 0) is 42.2 Å². The number of rotatable bonds is 11. The zero-order valence-electron chi connectivity index (χ0n) is 20.6. The number of aryl methyl sites for hydroxylation is 1. The first-order valence-electron chi connectivity index (χ1n) is 11.2. The van der Waals surface area contributed by atoms with E-state index in [9.17, 15) is 9.59 Å². The molecule has 10 heteroatoms. The van der Waals surface area contributed by atoms with Crippen LogP contribution in [0.2, 0.25) is 0 Å². The van der Waals surface area contributed by atoms with Crippen LogP contribution in [-0.4, -0.2) is 46.0 Å². The van der Waals surface area contributed by atoms with Crippen molar-refractivity contribution in [2.45, 2.75) is 38.4 Å². The van der Waals surface area contributed by atoms with Crippen LogP contribution in [-0.2, 0) is 23.2 Å². The third-order valence-corrected chi connectivity index (χ3v) is 6.22. The minimum absolute atomic E-state index is 0.0902. The maximum atomic E-state index is 12.3. The number of carbonyl (C=O) groups is 2. The Kier molecular flexibility index (Phi) is 9.13. The van der Waals surface area contributed by atoms with Crippen LogP contribution < -0.4 is 20.1 Å². The van der Waals surface area contributed by atoms with E-state index in [4.69, 9.17) is 9.47 Å². The number of nitrogens with zero attached hydrogens (tertiary/aromatic N) is 3. The van der Waals surface area contributed by atoms with Gasteiger partial charge in [0.05, 0.1) is 19.4 Å². The SMILES string of the molecule is COc1cccc(NC(=O)CSc2nnc(CNC(=O)COc3cc(C)ccc3C(C)C)n2C)c1. The van der Waals surface area contributed by atoms with E-state index in [1.807, 2.05) is 31.2 Å². The molecule has 1 aromatic heterocycles. The summed E-state index contributed by atoms with van der Waals surface area (Å²) in [6.07, 6.45) is 0. The first kappa shape index (κ1) is 26.1. The van der Waals surface area contributed by atoms with Gasteiger partial charge in [-0.15, -0.1) is 10.2 Å². The van der Waals surface area contributed by atoms with Gasteiger partial charge in [0.2, 0.25) is 5.91 Å². The number of anilines is 1. The summed E-state index contributed by atoms with van der Waals surface area (Å²) in [5, 5.41) is 14.5. The number of amides is 2. The highest BCUT2D eigenvalue weighted by molar-refractivity contribution is 7.99. The Morgan fingerprint density at radius 3 is 2.66 bits per heavy atom. The molecule has 0 unspecified atom stereocenters. The number of hydrogen-bond donors (Lipinski definition) is 2. The lowest BCUT2D eigenvalue weighted by molar-refractivity contribution is -0.123. The minimum Gasteiger partial charge on any atom is -0.497 e. The fourth-order valence-corrected chi connectivity index (χ4v) is 4.00. The summed E-state index contributed by atoms with van der Waals surface area (Å²) in [5.74, 6) is 2.00. The molecule has 0 atom stereocenters. The monoisotopic (exact) mass is 497 g/mol. The molecule has 9 nitrogen and oxygen atoms in total. The molecule has 186 valence electrons. The molecule has 0 aliphatic rings. The summed E-state index contributed by atoms with van der Waals surface area (Å²) in [7, 11) is 3.37.